The van der Waals surface area contributed by atoms with Crippen LogP contribution in [0.2, 0.25) is 0 Å². The summed E-state index contributed by atoms with van der Waals surface area (Å²) < 4.78 is 14.6. The SMILES string of the molecule is O=C(NCc1ccc(F)cn1)C1(n2cccn2)CCNCC1. The minimum absolute atomic E-state index is 0.0798. The molecule has 2 aromatic heterocycles. The topological polar surface area (TPSA) is 71.8 Å². The molecule has 0 unspecified atom stereocenters. The summed E-state index contributed by atoms with van der Waals surface area (Å²) in [7, 11) is 0. The van der Waals surface area contributed by atoms with Crippen molar-refractivity contribution in [2.75, 3.05) is 13.1 Å². The number of hydrogen-bond donors (Lipinski definition) is 2. The van der Waals surface area contributed by atoms with Crippen LogP contribution < -0.4 is 10.6 Å². The third-order valence-corrected chi connectivity index (χ3v) is 4.02. The van der Waals surface area contributed by atoms with Gasteiger partial charge in [0.25, 0.3) is 0 Å². The van der Waals surface area contributed by atoms with E-state index in [4.69, 9.17) is 0 Å². The molecule has 1 fully saturated rings. The summed E-state index contributed by atoms with van der Waals surface area (Å²) >= 11 is 0. The fraction of sp³-hybridized carbons (Fsp3) is 0.400. The van der Waals surface area contributed by atoms with Gasteiger partial charge in [0.2, 0.25) is 5.91 Å². The quantitative estimate of drug-likeness (QED) is 0.877. The Bertz CT molecular complexity index is 620. The Labute approximate surface area is 127 Å². The summed E-state index contributed by atoms with van der Waals surface area (Å²) in [6, 6.07) is 4.72. The molecule has 1 amide bonds. The van der Waals surface area contributed by atoms with Crippen LogP contribution in [0.1, 0.15) is 18.5 Å². The van der Waals surface area contributed by atoms with Crippen LogP contribution in [0.4, 0.5) is 4.39 Å². The Balaban J connectivity index is 1.74. The van der Waals surface area contributed by atoms with Gasteiger partial charge in [-0.15, -0.1) is 0 Å². The number of hydrogen-bond acceptors (Lipinski definition) is 4. The van der Waals surface area contributed by atoms with Crippen LogP contribution >= 0.6 is 0 Å². The molecule has 3 heterocycles. The molecular formula is C15H18FN5O. The zero-order chi connectivity index (χ0) is 15.4. The molecule has 2 N–H and O–H groups in total. The van der Waals surface area contributed by atoms with Gasteiger partial charge in [-0.25, -0.2) is 4.39 Å². The first-order chi connectivity index (χ1) is 10.7. The molecule has 22 heavy (non-hydrogen) atoms. The summed E-state index contributed by atoms with van der Waals surface area (Å²) in [6.07, 6.45) is 6.00. The van der Waals surface area contributed by atoms with Crippen LogP contribution in [0.15, 0.2) is 36.8 Å². The van der Waals surface area contributed by atoms with Crippen LogP contribution in [0, 0.1) is 5.82 Å². The second kappa shape index (κ2) is 6.23. The Morgan fingerprint density at radius 3 is 2.86 bits per heavy atom. The molecule has 0 aliphatic carbocycles. The van der Waals surface area contributed by atoms with E-state index in [1.54, 1.807) is 16.9 Å². The minimum Gasteiger partial charge on any atom is -0.348 e. The highest BCUT2D eigenvalue weighted by Crippen LogP contribution is 2.27. The van der Waals surface area contributed by atoms with Gasteiger partial charge in [0.05, 0.1) is 18.4 Å². The fourth-order valence-corrected chi connectivity index (χ4v) is 2.77. The highest BCUT2D eigenvalue weighted by atomic mass is 19.1. The van der Waals surface area contributed by atoms with Crippen molar-refractivity contribution in [1.29, 1.82) is 0 Å². The lowest BCUT2D eigenvalue weighted by Crippen LogP contribution is -2.54. The number of amides is 1. The lowest BCUT2D eigenvalue weighted by molar-refractivity contribution is -0.132. The van der Waals surface area contributed by atoms with Gasteiger partial charge in [0.1, 0.15) is 11.4 Å². The van der Waals surface area contributed by atoms with E-state index in [2.05, 4.69) is 20.7 Å². The Morgan fingerprint density at radius 2 is 2.23 bits per heavy atom. The molecule has 6 nitrogen and oxygen atoms in total. The van der Waals surface area contributed by atoms with E-state index in [1.165, 1.54) is 6.07 Å². The lowest BCUT2D eigenvalue weighted by Gasteiger charge is -2.36. The first-order valence-corrected chi connectivity index (χ1v) is 7.30. The summed E-state index contributed by atoms with van der Waals surface area (Å²) in [5.74, 6) is -0.467. The predicted octanol–water partition coefficient (Wildman–Crippen LogP) is 0.812. The predicted molar refractivity (Wildman–Crippen MR) is 78.3 cm³/mol. The van der Waals surface area contributed by atoms with Gasteiger partial charge < -0.3 is 10.6 Å². The van der Waals surface area contributed by atoms with E-state index < -0.39 is 5.54 Å². The average Bonchev–Trinajstić information content (AvgIpc) is 3.09. The Morgan fingerprint density at radius 1 is 1.41 bits per heavy atom. The number of nitrogens with zero attached hydrogens (tertiary/aromatic N) is 3. The number of piperidine rings is 1. The molecule has 0 bridgehead atoms. The van der Waals surface area contributed by atoms with Crippen LogP contribution in [0.3, 0.4) is 0 Å². The summed E-state index contributed by atoms with van der Waals surface area (Å²) in [5, 5.41) is 10.4. The standard InChI is InChI=1S/C15H18FN5O/c16-12-2-3-13(18-10-12)11-19-14(22)15(4-7-17-8-5-15)21-9-1-6-20-21/h1-3,6,9-10,17H,4-5,7-8,11H2,(H,19,22). The van der Waals surface area contributed by atoms with Crippen LogP contribution in [0.5, 0.6) is 0 Å². The number of carbonyl (C=O) groups excluding carboxylic acids is 1. The molecular weight excluding hydrogens is 285 g/mol. The summed E-state index contributed by atoms with van der Waals surface area (Å²) in [4.78, 5) is 16.7. The highest BCUT2D eigenvalue weighted by molar-refractivity contribution is 5.84. The first kappa shape index (κ1) is 14.6. The number of aromatic nitrogens is 3. The number of rotatable bonds is 4. The summed E-state index contributed by atoms with van der Waals surface area (Å²) in [5.41, 5.74) is -0.0475. The van der Waals surface area contributed by atoms with Crippen LogP contribution in [-0.4, -0.2) is 33.8 Å². The zero-order valence-corrected chi connectivity index (χ0v) is 12.1. The third kappa shape index (κ3) is 2.85. The van der Waals surface area contributed by atoms with E-state index in [0.29, 0.717) is 18.5 Å². The van der Waals surface area contributed by atoms with Gasteiger partial charge in [-0.2, -0.15) is 5.10 Å². The van der Waals surface area contributed by atoms with Crippen molar-refractivity contribution >= 4 is 5.91 Å². The smallest absolute Gasteiger partial charge is 0.248 e. The van der Waals surface area contributed by atoms with Crippen molar-refractivity contribution in [3.63, 3.8) is 0 Å². The van der Waals surface area contributed by atoms with Crippen molar-refractivity contribution < 1.29 is 9.18 Å². The number of pyridine rings is 1. The number of nitrogens with one attached hydrogen (secondary N) is 2. The van der Waals surface area contributed by atoms with Gasteiger partial charge in [-0.05, 0) is 44.1 Å². The summed E-state index contributed by atoms with van der Waals surface area (Å²) in [6.45, 7) is 1.81. The number of carbonyl (C=O) groups is 1. The van der Waals surface area contributed by atoms with Crippen LogP contribution in [-0.2, 0) is 16.9 Å². The van der Waals surface area contributed by atoms with Gasteiger partial charge in [-0.3, -0.25) is 14.5 Å². The van der Waals surface area contributed by atoms with Gasteiger partial charge in [0.15, 0.2) is 0 Å². The van der Waals surface area contributed by atoms with Crippen LogP contribution in [0.25, 0.3) is 0 Å². The third-order valence-electron chi connectivity index (χ3n) is 4.02. The van der Waals surface area contributed by atoms with E-state index in [0.717, 1.165) is 19.3 Å². The molecule has 2 aromatic rings. The molecule has 0 spiro atoms. The molecule has 0 radical (unpaired) electrons. The molecule has 1 aliphatic rings. The van der Waals surface area contributed by atoms with E-state index in [9.17, 15) is 9.18 Å². The largest absolute Gasteiger partial charge is 0.348 e. The molecule has 0 aromatic carbocycles. The maximum atomic E-state index is 12.9. The van der Waals surface area contributed by atoms with Crippen molar-refractivity contribution in [3.05, 3.63) is 48.3 Å². The molecule has 0 atom stereocenters. The molecule has 7 heteroatoms. The van der Waals surface area contributed by atoms with Gasteiger partial charge in [0, 0.05) is 12.4 Å². The van der Waals surface area contributed by atoms with Crippen molar-refractivity contribution in [1.82, 2.24) is 25.4 Å². The highest BCUT2D eigenvalue weighted by Gasteiger charge is 2.41. The second-order valence-corrected chi connectivity index (χ2v) is 5.38. The molecule has 3 rings (SSSR count). The van der Waals surface area contributed by atoms with Gasteiger partial charge >= 0.3 is 0 Å². The van der Waals surface area contributed by atoms with Crippen molar-refractivity contribution in [2.24, 2.45) is 0 Å². The second-order valence-electron chi connectivity index (χ2n) is 5.38. The van der Waals surface area contributed by atoms with E-state index in [-0.39, 0.29) is 18.3 Å². The van der Waals surface area contributed by atoms with Crippen molar-refractivity contribution in [2.45, 2.75) is 24.9 Å². The zero-order valence-electron chi connectivity index (χ0n) is 12.1. The maximum absolute atomic E-state index is 12.9. The molecule has 116 valence electrons. The maximum Gasteiger partial charge on any atom is 0.248 e. The Hall–Kier alpha value is -2.28. The lowest BCUT2D eigenvalue weighted by atomic mass is 9.87. The molecule has 0 saturated carbocycles. The average molecular weight is 303 g/mol. The first-order valence-electron chi connectivity index (χ1n) is 7.30. The minimum atomic E-state index is -0.672. The van der Waals surface area contributed by atoms with Crippen molar-refractivity contribution in [3.8, 4) is 0 Å². The van der Waals surface area contributed by atoms with Gasteiger partial charge in [-0.1, -0.05) is 0 Å². The van der Waals surface area contributed by atoms with E-state index in [1.807, 2.05) is 12.3 Å². The monoisotopic (exact) mass is 303 g/mol. The molecule has 1 aliphatic heterocycles. The van der Waals surface area contributed by atoms with E-state index >= 15 is 0 Å². The number of halogens is 1. The molecule has 1 saturated heterocycles. The normalized spacial score (nSPS) is 17.1. The Kier molecular flexibility index (Phi) is 4.15. The fourth-order valence-electron chi connectivity index (χ4n) is 2.77.